The molecular formula is C14H17N3O4. The fraction of sp³-hybridized carbons (Fsp3) is 0.286. The third-order valence-corrected chi connectivity index (χ3v) is 3.32. The molecule has 0 saturated carbocycles. The summed E-state index contributed by atoms with van der Waals surface area (Å²) in [6.07, 6.45) is -0.828. The fourth-order valence-corrected chi connectivity index (χ4v) is 2.23. The second-order valence-electron chi connectivity index (χ2n) is 4.82. The molecular weight excluding hydrogens is 274 g/mol. The summed E-state index contributed by atoms with van der Waals surface area (Å²) in [5.41, 5.74) is 7.30. The SMILES string of the molecule is C=C1CC(C(=O)Nc2ccc(OC)cc2N)N(C(=O)O)C1. The molecule has 112 valence electrons. The number of amides is 2. The lowest BCUT2D eigenvalue weighted by Gasteiger charge is -2.20. The normalized spacial score (nSPS) is 17.7. The van der Waals surface area contributed by atoms with Gasteiger partial charge in [0.15, 0.2) is 0 Å². The zero-order valence-electron chi connectivity index (χ0n) is 11.6. The van der Waals surface area contributed by atoms with Crippen LogP contribution in [0.2, 0.25) is 0 Å². The minimum absolute atomic E-state index is 0.172. The molecule has 4 N–H and O–H groups in total. The van der Waals surface area contributed by atoms with Crippen molar-refractivity contribution in [3.63, 3.8) is 0 Å². The zero-order chi connectivity index (χ0) is 15.6. The first-order valence-corrected chi connectivity index (χ1v) is 6.33. The summed E-state index contributed by atoms with van der Waals surface area (Å²) in [4.78, 5) is 24.4. The molecule has 0 aromatic heterocycles. The zero-order valence-corrected chi connectivity index (χ0v) is 11.6. The third kappa shape index (κ3) is 3.07. The Kier molecular flexibility index (Phi) is 4.02. The van der Waals surface area contributed by atoms with E-state index in [9.17, 15) is 9.59 Å². The molecule has 7 heteroatoms. The van der Waals surface area contributed by atoms with E-state index in [2.05, 4.69) is 11.9 Å². The molecule has 1 fully saturated rings. The maximum absolute atomic E-state index is 12.2. The van der Waals surface area contributed by atoms with Gasteiger partial charge < -0.3 is 20.9 Å². The summed E-state index contributed by atoms with van der Waals surface area (Å²) in [6.45, 7) is 3.91. The van der Waals surface area contributed by atoms with E-state index >= 15 is 0 Å². The van der Waals surface area contributed by atoms with Crippen LogP contribution in [0.5, 0.6) is 5.75 Å². The number of nitrogen functional groups attached to an aromatic ring is 1. The number of ether oxygens (including phenoxy) is 1. The number of hydrogen-bond acceptors (Lipinski definition) is 4. The highest BCUT2D eigenvalue weighted by molar-refractivity contribution is 5.99. The predicted molar refractivity (Wildman–Crippen MR) is 78.3 cm³/mol. The monoisotopic (exact) mass is 291 g/mol. The number of benzene rings is 1. The van der Waals surface area contributed by atoms with Crippen molar-refractivity contribution in [1.82, 2.24) is 4.90 Å². The van der Waals surface area contributed by atoms with E-state index in [0.717, 1.165) is 4.90 Å². The van der Waals surface area contributed by atoms with Crippen molar-refractivity contribution in [3.05, 3.63) is 30.4 Å². The number of methoxy groups -OCH3 is 1. The molecule has 1 aliphatic heterocycles. The number of carbonyl (C=O) groups excluding carboxylic acids is 1. The molecule has 1 aromatic rings. The lowest BCUT2D eigenvalue weighted by atomic mass is 10.1. The molecule has 1 saturated heterocycles. The van der Waals surface area contributed by atoms with Crippen LogP contribution in [-0.4, -0.2) is 41.7 Å². The van der Waals surface area contributed by atoms with Gasteiger partial charge in [0.1, 0.15) is 11.8 Å². The Hall–Kier alpha value is -2.70. The van der Waals surface area contributed by atoms with Crippen molar-refractivity contribution in [1.29, 1.82) is 0 Å². The Bertz CT molecular complexity index is 600. The lowest BCUT2D eigenvalue weighted by molar-refractivity contribution is -0.119. The fourth-order valence-electron chi connectivity index (χ4n) is 2.23. The van der Waals surface area contributed by atoms with Gasteiger partial charge in [-0.15, -0.1) is 0 Å². The van der Waals surface area contributed by atoms with Crippen molar-refractivity contribution in [2.75, 3.05) is 24.7 Å². The number of rotatable bonds is 3. The van der Waals surface area contributed by atoms with Gasteiger partial charge in [-0.1, -0.05) is 12.2 Å². The van der Waals surface area contributed by atoms with E-state index < -0.39 is 18.0 Å². The maximum atomic E-state index is 12.2. The van der Waals surface area contributed by atoms with Crippen LogP contribution in [0.15, 0.2) is 30.4 Å². The molecule has 1 atom stereocenters. The molecule has 0 radical (unpaired) electrons. The van der Waals surface area contributed by atoms with Crippen LogP contribution in [0.25, 0.3) is 0 Å². The first-order chi connectivity index (χ1) is 9.92. The van der Waals surface area contributed by atoms with Crippen LogP contribution >= 0.6 is 0 Å². The number of nitrogens with one attached hydrogen (secondary N) is 1. The molecule has 2 rings (SSSR count). The van der Waals surface area contributed by atoms with E-state index in [1.807, 2.05) is 0 Å². The van der Waals surface area contributed by atoms with Crippen LogP contribution in [0.3, 0.4) is 0 Å². The Morgan fingerprint density at radius 2 is 2.24 bits per heavy atom. The van der Waals surface area contributed by atoms with Crippen molar-refractivity contribution < 1.29 is 19.4 Å². The molecule has 0 spiro atoms. The summed E-state index contributed by atoms with van der Waals surface area (Å²) in [5.74, 6) is 0.153. The van der Waals surface area contributed by atoms with Crippen molar-refractivity contribution in [3.8, 4) is 5.75 Å². The summed E-state index contributed by atoms with van der Waals surface area (Å²) in [5, 5.41) is 11.7. The molecule has 0 bridgehead atoms. The number of nitrogens with zero attached hydrogens (tertiary/aromatic N) is 1. The Labute approximate surface area is 122 Å². The Balaban J connectivity index is 2.14. The maximum Gasteiger partial charge on any atom is 0.408 e. The highest BCUT2D eigenvalue weighted by atomic mass is 16.5. The smallest absolute Gasteiger partial charge is 0.408 e. The number of anilines is 2. The van der Waals surface area contributed by atoms with Gasteiger partial charge in [-0.3, -0.25) is 9.69 Å². The van der Waals surface area contributed by atoms with Crippen molar-refractivity contribution >= 4 is 23.4 Å². The van der Waals surface area contributed by atoms with E-state index in [4.69, 9.17) is 15.6 Å². The summed E-state index contributed by atoms with van der Waals surface area (Å²) in [7, 11) is 1.52. The van der Waals surface area contributed by atoms with E-state index in [-0.39, 0.29) is 6.54 Å². The highest BCUT2D eigenvalue weighted by Gasteiger charge is 2.36. The number of hydrogen-bond donors (Lipinski definition) is 3. The van der Waals surface area contributed by atoms with Gasteiger partial charge in [-0.2, -0.15) is 0 Å². The van der Waals surface area contributed by atoms with Gasteiger partial charge in [-0.05, 0) is 18.6 Å². The molecule has 21 heavy (non-hydrogen) atoms. The van der Waals surface area contributed by atoms with Gasteiger partial charge in [-0.25, -0.2) is 4.79 Å². The minimum atomic E-state index is -1.14. The minimum Gasteiger partial charge on any atom is -0.497 e. The molecule has 1 heterocycles. The van der Waals surface area contributed by atoms with Gasteiger partial charge in [0.25, 0.3) is 0 Å². The second kappa shape index (κ2) is 5.74. The number of carbonyl (C=O) groups is 2. The quantitative estimate of drug-likeness (QED) is 0.578. The lowest BCUT2D eigenvalue weighted by Crippen LogP contribution is -2.42. The van der Waals surface area contributed by atoms with Gasteiger partial charge in [0, 0.05) is 12.6 Å². The van der Waals surface area contributed by atoms with Crippen molar-refractivity contribution in [2.24, 2.45) is 0 Å². The second-order valence-corrected chi connectivity index (χ2v) is 4.82. The van der Waals surface area contributed by atoms with Crippen LogP contribution in [0.1, 0.15) is 6.42 Å². The summed E-state index contributed by atoms with van der Waals surface area (Å²) < 4.78 is 5.03. The average Bonchev–Trinajstić information content (AvgIpc) is 2.83. The predicted octanol–water partition coefficient (Wildman–Crippen LogP) is 1.52. The molecule has 2 amide bonds. The first-order valence-electron chi connectivity index (χ1n) is 6.33. The van der Waals surface area contributed by atoms with Crippen LogP contribution < -0.4 is 15.8 Å². The van der Waals surface area contributed by atoms with Gasteiger partial charge in [0.2, 0.25) is 5.91 Å². The highest BCUT2D eigenvalue weighted by Crippen LogP contribution is 2.26. The number of carboxylic acid groups (broad SMARTS) is 1. The van der Waals surface area contributed by atoms with Crippen LogP contribution in [-0.2, 0) is 4.79 Å². The van der Waals surface area contributed by atoms with E-state index in [0.29, 0.717) is 29.1 Å². The standard InChI is InChI=1S/C14H17N3O4/c1-8-5-12(17(7-8)14(19)20)13(18)16-11-4-3-9(21-2)6-10(11)15/h3-4,6,12H,1,5,7,15H2,2H3,(H,16,18)(H,19,20). The number of nitrogens with two attached hydrogens (primary N) is 1. The molecule has 7 nitrogen and oxygen atoms in total. The van der Waals surface area contributed by atoms with E-state index in [1.54, 1.807) is 18.2 Å². The molecule has 1 unspecified atom stereocenters. The van der Waals surface area contributed by atoms with Gasteiger partial charge in [0.05, 0.1) is 18.5 Å². The largest absolute Gasteiger partial charge is 0.497 e. The summed E-state index contributed by atoms with van der Waals surface area (Å²) in [6, 6.07) is 4.07. The third-order valence-electron chi connectivity index (χ3n) is 3.32. The molecule has 1 aliphatic rings. The molecule has 1 aromatic carbocycles. The van der Waals surface area contributed by atoms with Gasteiger partial charge >= 0.3 is 6.09 Å². The topological polar surface area (TPSA) is 105 Å². The Morgan fingerprint density at radius 1 is 1.52 bits per heavy atom. The average molecular weight is 291 g/mol. The van der Waals surface area contributed by atoms with Crippen LogP contribution in [0.4, 0.5) is 16.2 Å². The first kappa shape index (κ1) is 14.7. The van der Waals surface area contributed by atoms with E-state index in [1.165, 1.54) is 7.11 Å². The Morgan fingerprint density at radius 3 is 2.81 bits per heavy atom. The van der Waals surface area contributed by atoms with Crippen molar-refractivity contribution in [2.45, 2.75) is 12.5 Å². The summed E-state index contributed by atoms with van der Waals surface area (Å²) >= 11 is 0. The van der Waals surface area contributed by atoms with Crippen LogP contribution in [0, 0.1) is 0 Å². The number of likely N-dealkylation sites (tertiary alicyclic amines) is 1. The molecule has 0 aliphatic carbocycles.